The van der Waals surface area contributed by atoms with E-state index in [0.29, 0.717) is 12.8 Å². The van der Waals surface area contributed by atoms with Gasteiger partial charge in [0.1, 0.15) is 0 Å². The molecule has 0 aromatic heterocycles. The summed E-state index contributed by atoms with van der Waals surface area (Å²) in [6, 6.07) is 0. The van der Waals surface area contributed by atoms with E-state index in [0.717, 1.165) is 0 Å². The molecule has 7 heteroatoms. The van der Waals surface area contributed by atoms with Gasteiger partial charge in [0.25, 0.3) is 0 Å². The molecule has 4 atom stereocenters. The number of rotatable bonds is 8. The maximum atomic E-state index is 9.71. The Balaban J connectivity index is -0.000000372. The molecular formula is C18H44CuO4Si2. The largest absolute Gasteiger partial charge is 0.396 e. The summed E-state index contributed by atoms with van der Waals surface area (Å²) in [7, 11) is -2.95. The molecule has 0 fully saturated rings. The van der Waals surface area contributed by atoms with Crippen molar-refractivity contribution in [3.8, 4) is 0 Å². The minimum Gasteiger partial charge on any atom is -0.396 e. The summed E-state index contributed by atoms with van der Waals surface area (Å²) >= 11 is 0. The zero-order valence-corrected chi connectivity index (χ0v) is 20.9. The van der Waals surface area contributed by atoms with E-state index in [9.17, 15) is 20.4 Å². The normalized spacial score (nSPS) is 17.3. The minimum absolute atomic E-state index is 0. The summed E-state index contributed by atoms with van der Waals surface area (Å²) in [4.78, 5) is 0. The van der Waals surface area contributed by atoms with Crippen molar-refractivity contribution < 1.29 is 37.5 Å². The van der Waals surface area contributed by atoms with E-state index in [-0.39, 0.29) is 52.6 Å². The zero-order chi connectivity index (χ0) is 19.9. The summed E-state index contributed by atoms with van der Waals surface area (Å²) in [5.41, 5.74) is -0.565. The van der Waals surface area contributed by atoms with Gasteiger partial charge in [0.05, 0.1) is 28.4 Å². The van der Waals surface area contributed by atoms with E-state index in [4.69, 9.17) is 0 Å². The average molecular weight is 444 g/mol. The van der Waals surface area contributed by atoms with Crippen LogP contribution in [-0.4, -0.2) is 60.2 Å². The van der Waals surface area contributed by atoms with Crippen molar-refractivity contribution in [2.24, 2.45) is 11.8 Å². The van der Waals surface area contributed by atoms with Crippen LogP contribution in [0, 0.1) is 11.8 Å². The van der Waals surface area contributed by atoms with Crippen molar-refractivity contribution in [1.82, 2.24) is 0 Å². The molecule has 4 unspecified atom stereocenters. The Labute approximate surface area is 168 Å². The van der Waals surface area contributed by atoms with Crippen LogP contribution in [0.15, 0.2) is 0 Å². The van der Waals surface area contributed by atoms with Gasteiger partial charge in [-0.05, 0) is 24.7 Å². The van der Waals surface area contributed by atoms with Crippen LogP contribution in [0.1, 0.15) is 40.5 Å². The molecule has 4 nitrogen and oxygen atoms in total. The molecule has 4 N–H and O–H groups in total. The van der Waals surface area contributed by atoms with E-state index in [1.54, 1.807) is 0 Å². The number of hydrogen-bond donors (Lipinski definition) is 4. The fourth-order valence-electron chi connectivity index (χ4n) is 1.71. The Kier molecular flexibility index (Phi) is 15.9. The van der Waals surface area contributed by atoms with Crippen molar-refractivity contribution in [3.63, 3.8) is 0 Å². The second-order valence-electron chi connectivity index (χ2n) is 9.86. The van der Waals surface area contributed by atoms with Crippen LogP contribution < -0.4 is 0 Å². The van der Waals surface area contributed by atoms with Gasteiger partial charge < -0.3 is 20.4 Å². The Hall–Kier alpha value is 0.793. The molecule has 0 aliphatic carbocycles. The van der Waals surface area contributed by atoms with Crippen molar-refractivity contribution in [3.05, 3.63) is 0 Å². The summed E-state index contributed by atoms with van der Waals surface area (Å²) in [6.45, 7) is 20.6. The van der Waals surface area contributed by atoms with Crippen LogP contribution >= 0.6 is 0 Å². The predicted octanol–water partition coefficient (Wildman–Crippen LogP) is 3.26. The van der Waals surface area contributed by atoms with Crippen LogP contribution in [0.4, 0.5) is 0 Å². The van der Waals surface area contributed by atoms with Crippen LogP contribution in [0.5, 0.6) is 0 Å². The zero-order valence-electron chi connectivity index (χ0n) is 18.0. The summed E-state index contributed by atoms with van der Waals surface area (Å²) in [5.74, 6) is 0.493. The molecule has 0 bridgehead atoms. The van der Waals surface area contributed by atoms with Gasteiger partial charge >= 0.3 is 0 Å². The molecule has 0 saturated heterocycles. The van der Waals surface area contributed by atoms with Crippen molar-refractivity contribution in [2.75, 3.05) is 0 Å². The third-order valence-corrected chi connectivity index (χ3v) is 8.94. The van der Waals surface area contributed by atoms with E-state index >= 15 is 0 Å². The Morgan fingerprint density at radius 2 is 0.760 bits per heavy atom. The van der Waals surface area contributed by atoms with Gasteiger partial charge in [0, 0.05) is 28.5 Å². The third kappa shape index (κ3) is 15.5. The molecule has 1 radical (unpaired) electrons. The fourth-order valence-corrected chi connectivity index (χ4v) is 3.61. The van der Waals surface area contributed by atoms with Gasteiger partial charge in [0.2, 0.25) is 0 Å². The van der Waals surface area contributed by atoms with Gasteiger partial charge in [-0.15, -0.1) is 0 Å². The van der Waals surface area contributed by atoms with E-state index in [2.05, 4.69) is 39.3 Å². The summed E-state index contributed by atoms with van der Waals surface area (Å²) < 4.78 is 0. The molecule has 0 spiro atoms. The fraction of sp³-hybridized carbons (Fsp3) is 1.00. The SMILES string of the molecule is CC(C)C(O)CC(O)[Si](C)(C)C.CC(C)C(O)CC(O)[Si](C)(C)C.[Cu]. The van der Waals surface area contributed by atoms with Gasteiger partial charge in [-0.3, -0.25) is 0 Å². The maximum Gasteiger partial charge on any atom is 0.0782 e. The Morgan fingerprint density at radius 1 is 0.560 bits per heavy atom. The first-order chi connectivity index (χ1) is 10.5. The van der Waals surface area contributed by atoms with Crippen LogP contribution in [0.2, 0.25) is 39.3 Å². The first-order valence-corrected chi connectivity index (χ1v) is 16.4. The topological polar surface area (TPSA) is 80.9 Å². The quantitative estimate of drug-likeness (QED) is 0.434. The number of hydrogen-bond acceptors (Lipinski definition) is 4. The molecule has 0 aromatic rings. The van der Waals surface area contributed by atoms with Crippen molar-refractivity contribution in [2.45, 2.75) is 103 Å². The molecule has 0 saturated carbocycles. The van der Waals surface area contributed by atoms with E-state index < -0.39 is 16.1 Å². The predicted molar refractivity (Wildman–Crippen MR) is 110 cm³/mol. The molecule has 0 aromatic carbocycles. The second-order valence-corrected chi connectivity index (χ2v) is 20.7. The molecule has 0 amide bonds. The third-order valence-electron chi connectivity index (χ3n) is 4.47. The number of aliphatic hydroxyl groups excluding tert-OH is 4. The standard InChI is InChI=1S/2C9H22O2Si.Cu/c2*1-7(2)8(10)6-9(11)12(3,4)5;/h2*7-11H,6H2,1-5H3;. The second kappa shape index (κ2) is 13.1. The van der Waals surface area contributed by atoms with Crippen molar-refractivity contribution >= 4 is 16.1 Å². The molecule has 0 rings (SSSR count). The summed E-state index contributed by atoms with van der Waals surface area (Å²) in [6.07, 6.45) is 0.360. The first-order valence-electron chi connectivity index (χ1n) is 9.22. The molecule has 0 aliphatic heterocycles. The first kappa shape index (κ1) is 30.5. The molecule has 0 aliphatic rings. The Bertz CT molecular complexity index is 296. The van der Waals surface area contributed by atoms with Gasteiger partial charge in [-0.1, -0.05) is 67.0 Å². The smallest absolute Gasteiger partial charge is 0.0782 e. The van der Waals surface area contributed by atoms with E-state index in [1.807, 2.05) is 27.7 Å². The van der Waals surface area contributed by atoms with Crippen molar-refractivity contribution in [1.29, 1.82) is 0 Å². The molecular weight excluding hydrogens is 400 g/mol. The monoisotopic (exact) mass is 443 g/mol. The molecule has 25 heavy (non-hydrogen) atoms. The van der Waals surface area contributed by atoms with Gasteiger partial charge in [-0.25, -0.2) is 0 Å². The average Bonchev–Trinajstić information content (AvgIpc) is 2.36. The Morgan fingerprint density at radius 3 is 0.880 bits per heavy atom. The van der Waals surface area contributed by atoms with Gasteiger partial charge in [0.15, 0.2) is 0 Å². The number of aliphatic hydroxyl groups is 4. The summed E-state index contributed by atoms with van der Waals surface area (Å²) in [5, 5.41) is 38.5. The van der Waals surface area contributed by atoms with Crippen LogP contribution in [0.3, 0.4) is 0 Å². The van der Waals surface area contributed by atoms with E-state index in [1.165, 1.54) is 0 Å². The maximum absolute atomic E-state index is 9.71. The van der Waals surface area contributed by atoms with Crippen LogP contribution in [0.25, 0.3) is 0 Å². The molecule has 159 valence electrons. The van der Waals surface area contributed by atoms with Crippen LogP contribution in [-0.2, 0) is 17.1 Å². The molecule has 0 heterocycles. The van der Waals surface area contributed by atoms with Gasteiger partial charge in [-0.2, -0.15) is 0 Å². The minimum atomic E-state index is -1.47.